The van der Waals surface area contributed by atoms with E-state index in [1.165, 1.54) is 12.3 Å². The normalized spacial score (nSPS) is 12.1. The highest BCUT2D eigenvalue weighted by Crippen LogP contribution is 2.34. The first-order chi connectivity index (χ1) is 11.5. The Morgan fingerprint density at radius 1 is 1.17 bits per heavy atom. The van der Waals surface area contributed by atoms with Gasteiger partial charge in [-0.15, -0.1) is 0 Å². The monoisotopic (exact) mass is 345 g/mol. The second-order valence-electron chi connectivity index (χ2n) is 4.83. The predicted octanol–water partition coefficient (Wildman–Crippen LogP) is 3.00. The molecule has 122 valence electrons. The van der Waals surface area contributed by atoms with Gasteiger partial charge >= 0.3 is 5.97 Å². The van der Waals surface area contributed by atoms with E-state index in [2.05, 4.69) is 4.98 Å². The van der Waals surface area contributed by atoms with E-state index in [0.29, 0.717) is 10.9 Å². The first kappa shape index (κ1) is 16.0. The first-order valence-corrected chi connectivity index (χ1v) is 7.78. The van der Waals surface area contributed by atoms with Crippen LogP contribution in [0.25, 0.3) is 10.9 Å². The number of carbonyl (C=O) groups is 1. The fourth-order valence-electron chi connectivity index (χ4n) is 2.40. The zero-order valence-electron chi connectivity index (χ0n) is 12.0. The van der Waals surface area contributed by atoms with Gasteiger partial charge in [-0.2, -0.15) is 0 Å². The molecule has 2 aromatic carbocycles. The number of anilines is 2. The van der Waals surface area contributed by atoms with E-state index in [1.807, 2.05) is 0 Å². The summed E-state index contributed by atoms with van der Waals surface area (Å²) in [6.07, 6.45) is 1.50. The molecule has 0 spiro atoms. The lowest BCUT2D eigenvalue weighted by Crippen LogP contribution is -2.22. The lowest BCUT2D eigenvalue weighted by Gasteiger charge is -2.28. The van der Waals surface area contributed by atoms with Crippen LogP contribution in [-0.4, -0.2) is 24.8 Å². The number of hydrogen-bond acceptors (Lipinski definition) is 4. The molecule has 0 saturated heterocycles. The van der Waals surface area contributed by atoms with Crippen LogP contribution in [0, 0.1) is 5.82 Å². The van der Waals surface area contributed by atoms with Crippen LogP contribution in [0.3, 0.4) is 0 Å². The standard InChI is InChI=1S/C16H11FN2O4S/c17-11-6-7-13(12(9-11)16(20)21)19(24(22)23)14-5-1-3-10-4-2-8-18-15(10)14/h1-9H,(H,20,21)(H,22,23)/p-1. The lowest BCUT2D eigenvalue weighted by molar-refractivity contribution is 0.0697. The summed E-state index contributed by atoms with van der Waals surface area (Å²) in [6, 6.07) is 11.2. The molecule has 1 aromatic heterocycles. The Labute approximate surface area is 138 Å². The molecular weight excluding hydrogens is 335 g/mol. The molecule has 3 aromatic rings. The predicted molar refractivity (Wildman–Crippen MR) is 86.2 cm³/mol. The second-order valence-corrected chi connectivity index (χ2v) is 5.63. The number of nitrogens with zero attached hydrogens (tertiary/aromatic N) is 2. The molecule has 0 radical (unpaired) electrons. The second kappa shape index (κ2) is 6.34. The molecule has 1 unspecified atom stereocenters. The molecule has 0 aliphatic heterocycles. The van der Waals surface area contributed by atoms with Crippen molar-refractivity contribution in [1.29, 1.82) is 0 Å². The number of aromatic carboxylic acids is 1. The van der Waals surface area contributed by atoms with Gasteiger partial charge in [0.25, 0.3) is 0 Å². The molecule has 3 rings (SSSR count). The van der Waals surface area contributed by atoms with Crippen LogP contribution >= 0.6 is 0 Å². The van der Waals surface area contributed by atoms with E-state index in [9.17, 15) is 23.1 Å². The number of para-hydroxylation sites is 1. The average Bonchev–Trinajstić information content (AvgIpc) is 2.56. The Kier molecular flexibility index (Phi) is 4.24. The third-order valence-electron chi connectivity index (χ3n) is 3.39. The van der Waals surface area contributed by atoms with Gasteiger partial charge in [-0.1, -0.05) is 18.2 Å². The van der Waals surface area contributed by atoms with Crippen molar-refractivity contribution in [2.75, 3.05) is 4.31 Å². The SMILES string of the molecule is O=C(O)c1cc(F)ccc1N(c1cccc2cccnc12)S(=O)[O-]. The van der Waals surface area contributed by atoms with Gasteiger partial charge < -0.3 is 9.66 Å². The molecule has 6 nitrogen and oxygen atoms in total. The highest BCUT2D eigenvalue weighted by molar-refractivity contribution is 7.81. The fraction of sp³-hybridized carbons (Fsp3) is 0. The van der Waals surface area contributed by atoms with Crippen molar-refractivity contribution in [2.45, 2.75) is 0 Å². The van der Waals surface area contributed by atoms with Crippen molar-refractivity contribution in [3.63, 3.8) is 0 Å². The van der Waals surface area contributed by atoms with Crippen molar-refractivity contribution >= 4 is 39.5 Å². The molecule has 8 heteroatoms. The van der Waals surface area contributed by atoms with Crippen molar-refractivity contribution in [3.8, 4) is 0 Å². The first-order valence-electron chi connectivity index (χ1n) is 6.75. The number of aromatic nitrogens is 1. The lowest BCUT2D eigenvalue weighted by atomic mass is 10.1. The van der Waals surface area contributed by atoms with Crippen molar-refractivity contribution in [1.82, 2.24) is 4.98 Å². The van der Waals surface area contributed by atoms with Crippen LogP contribution in [0.5, 0.6) is 0 Å². The van der Waals surface area contributed by atoms with Gasteiger partial charge in [0.1, 0.15) is 5.82 Å². The van der Waals surface area contributed by atoms with Gasteiger partial charge in [0.15, 0.2) is 0 Å². The van der Waals surface area contributed by atoms with Crippen LogP contribution in [0.1, 0.15) is 10.4 Å². The maximum atomic E-state index is 13.4. The smallest absolute Gasteiger partial charge is 0.337 e. The minimum atomic E-state index is -2.84. The summed E-state index contributed by atoms with van der Waals surface area (Å²) in [7, 11) is 0. The summed E-state index contributed by atoms with van der Waals surface area (Å²) >= 11 is -2.84. The largest absolute Gasteiger partial charge is 0.755 e. The quantitative estimate of drug-likeness (QED) is 0.734. The molecular formula is C16H10FN2O4S-. The van der Waals surface area contributed by atoms with E-state index in [1.54, 1.807) is 24.3 Å². The molecule has 0 bridgehead atoms. The Bertz CT molecular complexity index is 958. The zero-order chi connectivity index (χ0) is 17.3. The Hall–Kier alpha value is -2.84. The molecule has 1 atom stereocenters. The Morgan fingerprint density at radius 3 is 2.62 bits per heavy atom. The molecule has 1 N–H and O–H groups in total. The number of rotatable bonds is 4. The zero-order valence-corrected chi connectivity index (χ0v) is 12.9. The topological polar surface area (TPSA) is 93.6 Å². The number of halogens is 1. The summed E-state index contributed by atoms with van der Waals surface area (Å²) < 4.78 is 37.8. The van der Waals surface area contributed by atoms with E-state index >= 15 is 0 Å². The van der Waals surface area contributed by atoms with E-state index < -0.39 is 28.6 Å². The number of pyridine rings is 1. The highest BCUT2D eigenvalue weighted by atomic mass is 32.2. The third-order valence-corrected chi connectivity index (χ3v) is 4.08. The summed E-state index contributed by atoms with van der Waals surface area (Å²) in [4.78, 5) is 15.6. The van der Waals surface area contributed by atoms with Crippen LogP contribution in [0.4, 0.5) is 15.8 Å². The number of carboxylic acids is 1. The van der Waals surface area contributed by atoms with Gasteiger partial charge in [0, 0.05) is 11.6 Å². The van der Waals surface area contributed by atoms with Crippen LogP contribution in [0.15, 0.2) is 54.7 Å². The number of carboxylic acid groups (broad SMARTS) is 1. The minimum absolute atomic E-state index is 0.171. The molecule has 0 saturated carbocycles. The van der Waals surface area contributed by atoms with E-state index in [4.69, 9.17) is 0 Å². The maximum Gasteiger partial charge on any atom is 0.337 e. The third kappa shape index (κ3) is 2.84. The summed E-state index contributed by atoms with van der Waals surface area (Å²) in [5, 5.41) is 9.96. The van der Waals surface area contributed by atoms with Crippen LogP contribution in [-0.2, 0) is 11.3 Å². The van der Waals surface area contributed by atoms with E-state index in [0.717, 1.165) is 22.5 Å². The number of hydrogen-bond donors (Lipinski definition) is 1. The van der Waals surface area contributed by atoms with Gasteiger partial charge in [-0.25, -0.2) is 9.18 Å². The minimum Gasteiger partial charge on any atom is -0.755 e. The van der Waals surface area contributed by atoms with Crippen LogP contribution in [0.2, 0.25) is 0 Å². The van der Waals surface area contributed by atoms with Crippen molar-refractivity contribution in [2.24, 2.45) is 0 Å². The fourth-order valence-corrected chi connectivity index (χ4v) is 3.03. The van der Waals surface area contributed by atoms with Gasteiger partial charge in [-0.05, 0) is 30.3 Å². The molecule has 0 aliphatic rings. The summed E-state index contributed by atoms with van der Waals surface area (Å²) in [6.45, 7) is 0. The van der Waals surface area contributed by atoms with Crippen LogP contribution < -0.4 is 4.31 Å². The van der Waals surface area contributed by atoms with Crippen molar-refractivity contribution < 1.29 is 23.1 Å². The molecule has 0 fully saturated rings. The average molecular weight is 345 g/mol. The summed E-state index contributed by atoms with van der Waals surface area (Å²) in [5.74, 6) is -2.21. The molecule has 24 heavy (non-hydrogen) atoms. The number of benzene rings is 2. The van der Waals surface area contributed by atoms with Gasteiger partial charge in [0.05, 0.1) is 33.7 Å². The maximum absolute atomic E-state index is 13.4. The molecule has 0 amide bonds. The Balaban J connectivity index is 2.29. The van der Waals surface area contributed by atoms with Gasteiger partial charge in [-0.3, -0.25) is 13.5 Å². The van der Waals surface area contributed by atoms with Gasteiger partial charge in [0.2, 0.25) is 0 Å². The number of fused-ring (bicyclic) bond motifs is 1. The van der Waals surface area contributed by atoms with E-state index in [-0.39, 0.29) is 11.4 Å². The molecule has 1 heterocycles. The Morgan fingerprint density at radius 2 is 1.92 bits per heavy atom. The molecule has 0 aliphatic carbocycles. The van der Waals surface area contributed by atoms with Crippen molar-refractivity contribution in [3.05, 3.63) is 66.1 Å². The highest BCUT2D eigenvalue weighted by Gasteiger charge is 2.21. The summed E-state index contributed by atoms with van der Waals surface area (Å²) in [5.41, 5.74) is -0.0806.